The average Bonchev–Trinajstić information content (AvgIpc) is 2.90. The van der Waals surface area contributed by atoms with Crippen LogP contribution in [0.15, 0.2) is 30.5 Å². The van der Waals surface area contributed by atoms with E-state index in [0.29, 0.717) is 36.7 Å². The van der Waals surface area contributed by atoms with Crippen LogP contribution in [0.5, 0.6) is 17.4 Å². The molecule has 1 aliphatic rings. The summed E-state index contributed by atoms with van der Waals surface area (Å²) in [5.74, 6) is 0.188. The first-order chi connectivity index (χ1) is 13.3. The first kappa shape index (κ1) is 20.1. The molecule has 0 unspecified atom stereocenters. The zero-order valence-corrected chi connectivity index (χ0v) is 15.3. The summed E-state index contributed by atoms with van der Waals surface area (Å²) in [4.78, 5) is 16.1. The molecule has 1 aromatic heterocycles. The van der Waals surface area contributed by atoms with Gasteiger partial charge in [-0.2, -0.15) is 13.2 Å². The van der Waals surface area contributed by atoms with E-state index in [2.05, 4.69) is 15.0 Å². The highest BCUT2D eigenvalue weighted by Gasteiger charge is 2.28. The van der Waals surface area contributed by atoms with Gasteiger partial charge in [-0.3, -0.25) is 4.79 Å². The number of alkyl halides is 3. The topological polar surface area (TPSA) is 69.7 Å². The molecule has 0 fully saturated rings. The van der Waals surface area contributed by atoms with Crippen LogP contribution in [0.4, 0.5) is 13.2 Å². The second kappa shape index (κ2) is 8.55. The molecule has 0 aliphatic carbocycles. The number of fused-ring (bicyclic) bond motifs is 1. The van der Waals surface area contributed by atoms with Crippen LogP contribution in [0.3, 0.4) is 0 Å². The van der Waals surface area contributed by atoms with E-state index in [1.807, 2.05) is 0 Å². The molecule has 0 atom stereocenters. The van der Waals surface area contributed by atoms with Crippen LogP contribution in [-0.2, 0) is 6.54 Å². The molecule has 2 heterocycles. The Morgan fingerprint density at radius 3 is 2.82 bits per heavy atom. The first-order valence-electron chi connectivity index (χ1n) is 8.33. The number of ether oxygens (including phenoxy) is 3. The summed E-state index contributed by atoms with van der Waals surface area (Å²) in [6, 6.07) is 5.88. The van der Waals surface area contributed by atoms with Crippen molar-refractivity contribution >= 4 is 17.5 Å². The lowest BCUT2D eigenvalue weighted by Crippen LogP contribution is -2.23. The number of nitrogens with zero attached hydrogens (tertiary/aromatic N) is 1. The lowest BCUT2D eigenvalue weighted by molar-refractivity contribution is -0.154. The van der Waals surface area contributed by atoms with E-state index in [0.717, 1.165) is 0 Å². The smallest absolute Gasteiger partial charge is 0.422 e. The second-order valence-electron chi connectivity index (χ2n) is 5.92. The molecule has 1 N–H and O–H groups in total. The molecule has 150 valence electrons. The SMILES string of the molecule is O=C(NCc1ccnc(OCC(F)(F)F)c1)c1cc(Cl)c2c(c1)OCCCO2. The monoisotopic (exact) mass is 416 g/mol. The molecule has 0 saturated heterocycles. The van der Waals surface area contributed by atoms with E-state index >= 15 is 0 Å². The largest absolute Gasteiger partial charge is 0.489 e. The van der Waals surface area contributed by atoms with Gasteiger partial charge in [-0.15, -0.1) is 0 Å². The van der Waals surface area contributed by atoms with Crippen LogP contribution in [0.2, 0.25) is 5.02 Å². The fourth-order valence-corrected chi connectivity index (χ4v) is 2.71. The molecule has 0 radical (unpaired) electrons. The number of amides is 1. The number of carbonyl (C=O) groups excluding carboxylic acids is 1. The Balaban J connectivity index is 1.64. The van der Waals surface area contributed by atoms with Crippen LogP contribution < -0.4 is 19.5 Å². The number of nitrogens with one attached hydrogen (secondary N) is 1. The standard InChI is InChI=1S/C18H16ClF3N2O4/c19-13-7-12(8-14-16(13)27-5-1-4-26-14)17(25)24-9-11-2-3-23-15(6-11)28-10-18(20,21)22/h2-3,6-8H,1,4-5,9-10H2,(H,24,25). The third-order valence-corrected chi connectivity index (χ3v) is 3.98. The number of hydrogen-bond acceptors (Lipinski definition) is 5. The van der Waals surface area contributed by atoms with E-state index in [9.17, 15) is 18.0 Å². The maximum atomic E-state index is 12.4. The summed E-state index contributed by atoms with van der Waals surface area (Å²) in [6.45, 7) is -0.452. The van der Waals surface area contributed by atoms with Crippen molar-refractivity contribution in [3.05, 3.63) is 46.6 Å². The molecule has 1 amide bonds. The van der Waals surface area contributed by atoms with E-state index in [1.54, 1.807) is 6.07 Å². The predicted molar refractivity (Wildman–Crippen MR) is 94.0 cm³/mol. The average molecular weight is 417 g/mol. The maximum absolute atomic E-state index is 12.4. The van der Waals surface area contributed by atoms with Gasteiger partial charge in [0.1, 0.15) is 0 Å². The quantitative estimate of drug-likeness (QED) is 0.803. The van der Waals surface area contributed by atoms with Crippen LogP contribution in [0.1, 0.15) is 22.3 Å². The minimum atomic E-state index is -4.46. The zero-order valence-electron chi connectivity index (χ0n) is 14.5. The molecule has 0 spiro atoms. The van der Waals surface area contributed by atoms with E-state index in [-0.39, 0.29) is 23.0 Å². The van der Waals surface area contributed by atoms with E-state index < -0.39 is 18.7 Å². The second-order valence-corrected chi connectivity index (χ2v) is 6.33. The maximum Gasteiger partial charge on any atom is 0.422 e. The number of pyridine rings is 1. The Morgan fingerprint density at radius 1 is 1.25 bits per heavy atom. The molecule has 0 saturated carbocycles. The van der Waals surface area contributed by atoms with Crippen molar-refractivity contribution < 1.29 is 32.2 Å². The third-order valence-electron chi connectivity index (χ3n) is 3.70. The van der Waals surface area contributed by atoms with Gasteiger partial charge in [-0.25, -0.2) is 4.98 Å². The molecule has 10 heteroatoms. The zero-order chi connectivity index (χ0) is 20.1. The number of carbonyl (C=O) groups is 1. The Morgan fingerprint density at radius 2 is 2.04 bits per heavy atom. The van der Waals surface area contributed by atoms with Crippen LogP contribution >= 0.6 is 11.6 Å². The Kier molecular flexibility index (Phi) is 6.13. The van der Waals surface area contributed by atoms with Crippen molar-refractivity contribution in [3.8, 4) is 17.4 Å². The van der Waals surface area contributed by atoms with E-state index in [4.69, 9.17) is 21.1 Å². The number of hydrogen-bond donors (Lipinski definition) is 1. The Hall–Kier alpha value is -2.68. The van der Waals surface area contributed by atoms with Crippen LogP contribution in [0, 0.1) is 0 Å². The first-order valence-corrected chi connectivity index (χ1v) is 8.71. The minimum absolute atomic E-state index is 0.0653. The Bertz CT molecular complexity index is 861. The molecule has 2 aromatic rings. The number of benzene rings is 1. The molecule has 28 heavy (non-hydrogen) atoms. The fourth-order valence-electron chi connectivity index (χ4n) is 2.44. The van der Waals surface area contributed by atoms with Crippen molar-refractivity contribution in [1.29, 1.82) is 0 Å². The number of halogens is 4. The molecule has 1 aromatic carbocycles. The van der Waals surface area contributed by atoms with E-state index in [1.165, 1.54) is 24.4 Å². The summed E-state index contributed by atoms with van der Waals surface area (Å²) in [7, 11) is 0. The highest BCUT2D eigenvalue weighted by atomic mass is 35.5. The molecule has 0 bridgehead atoms. The van der Waals surface area contributed by atoms with Crippen molar-refractivity contribution in [2.75, 3.05) is 19.8 Å². The van der Waals surface area contributed by atoms with Gasteiger partial charge in [-0.05, 0) is 23.8 Å². The van der Waals surface area contributed by atoms with Crippen LogP contribution in [-0.4, -0.2) is 36.9 Å². The van der Waals surface area contributed by atoms with Gasteiger partial charge in [0.25, 0.3) is 5.91 Å². The highest BCUT2D eigenvalue weighted by Crippen LogP contribution is 2.38. The third kappa shape index (κ3) is 5.41. The Labute approximate surface area is 163 Å². The van der Waals surface area contributed by atoms with Crippen molar-refractivity contribution in [1.82, 2.24) is 10.3 Å². The number of rotatable bonds is 5. The molecule has 6 nitrogen and oxygen atoms in total. The van der Waals surface area contributed by atoms with Gasteiger partial charge < -0.3 is 19.5 Å². The lowest BCUT2D eigenvalue weighted by Gasteiger charge is -2.12. The summed E-state index contributed by atoms with van der Waals surface area (Å²) in [6.07, 6.45) is -2.45. The minimum Gasteiger partial charge on any atom is -0.489 e. The fraction of sp³-hybridized carbons (Fsp3) is 0.333. The highest BCUT2D eigenvalue weighted by molar-refractivity contribution is 6.32. The van der Waals surface area contributed by atoms with Crippen LogP contribution in [0.25, 0.3) is 0 Å². The van der Waals surface area contributed by atoms with Gasteiger partial charge in [0, 0.05) is 30.8 Å². The summed E-state index contributed by atoms with van der Waals surface area (Å²) in [5, 5.41) is 2.93. The van der Waals surface area contributed by atoms with Gasteiger partial charge in [0.2, 0.25) is 5.88 Å². The molecule has 3 rings (SSSR count). The van der Waals surface area contributed by atoms with Gasteiger partial charge in [-0.1, -0.05) is 11.6 Å². The lowest BCUT2D eigenvalue weighted by atomic mass is 10.1. The summed E-state index contributed by atoms with van der Waals surface area (Å²) < 4.78 is 52.3. The number of aromatic nitrogens is 1. The summed E-state index contributed by atoms with van der Waals surface area (Å²) >= 11 is 6.17. The van der Waals surface area contributed by atoms with Gasteiger partial charge >= 0.3 is 6.18 Å². The van der Waals surface area contributed by atoms with Gasteiger partial charge in [0.15, 0.2) is 18.1 Å². The molecular formula is C18H16ClF3N2O4. The molecule has 1 aliphatic heterocycles. The molecular weight excluding hydrogens is 401 g/mol. The summed E-state index contributed by atoms with van der Waals surface area (Å²) in [5.41, 5.74) is 0.804. The van der Waals surface area contributed by atoms with Crippen molar-refractivity contribution in [2.45, 2.75) is 19.1 Å². The van der Waals surface area contributed by atoms with Crippen molar-refractivity contribution in [3.63, 3.8) is 0 Å². The van der Waals surface area contributed by atoms with Gasteiger partial charge in [0.05, 0.1) is 18.2 Å². The van der Waals surface area contributed by atoms with Crippen molar-refractivity contribution in [2.24, 2.45) is 0 Å². The predicted octanol–water partition coefficient (Wildman–Crippen LogP) is 3.77. The normalized spacial score (nSPS) is 13.6.